The van der Waals surface area contributed by atoms with Gasteiger partial charge in [0.1, 0.15) is 0 Å². The highest BCUT2D eigenvalue weighted by Crippen LogP contribution is 1.82. The van der Waals surface area contributed by atoms with Crippen LogP contribution >= 0.6 is 12.2 Å². The van der Waals surface area contributed by atoms with Crippen LogP contribution in [-0.4, -0.2) is 24.1 Å². The summed E-state index contributed by atoms with van der Waals surface area (Å²) >= 11 is 4.66. The Labute approximate surface area is 84.3 Å². The maximum absolute atomic E-state index is 11.0. The molecule has 0 rings (SSSR count). The van der Waals surface area contributed by atoms with Crippen LogP contribution in [0.4, 0.5) is 4.79 Å². The molecule has 0 atom stereocenters. The smallest absolute Gasteiger partial charge is 0.314 e. The lowest BCUT2D eigenvalue weighted by Gasteiger charge is -2.05. The molecule has 2 amide bonds. The molecule has 0 aliphatic heterocycles. The van der Waals surface area contributed by atoms with Gasteiger partial charge in [-0.05, 0) is 6.42 Å². The van der Waals surface area contributed by atoms with Crippen molar-refractivity contribution in [1.82, 2.24) is 10.6 Å². The number of nitrogens with one attached hydrogen (secondary N) is 2. The molecule has 0 aromatic carbocycles. The first-order valence-corrected chi connectivity index (χ1v) is 4.87. The fourth-order valence-corrected chi connectivity index (χ4v) is 0.842. The fraction of sp³-hybridized carbons (Fsp3) is 0.750. The maximum atomic E-state index is 11.0. The molecule has 0 aliphatic rings. The summed E-state index contributed by atoms with van der Waals surface area (Å²) in [6, 6.07) is -0.148. The highest BCUT2D eigenvalue weighted by atomic mass is 32.1. The summed E-state index contributed by atoms with van der Waals surface area (Å²) in [5.74, 6) is 0. The Morgan fingerprint density at radius 3 is 2.54 bits per heavy atom. The third-order valence-corrected chi connectivity index (χ3v) is 1.68. The van der Waals surface area contributed by atoms with Crippen LogP contribution in [0.15, 0.2) is 0 Å². The van der Waals surface area contributed by atoms with Gasteiger partial charge in [-0.15, -0.1) is 0 Å². The van der Waals surface area contributed by atoms with Crippen LogP contribution in [0.1, 0.15) is 26.2 Å². The van der Waals surface area contributed by atoms with E-state index < -0.39 is 0 Å². The minimum atomic E-state index is -0.148. The lowest BCUT2D eigenvalue weighted by atomic mass is 10.3. The number of carbonyl (C=O) groups excluding carboxylic acids is 1. The van der Waals surface area contributed by atoms with E-state index in [9.17, 15) is 4.79 Å². The number of amides is 2. The van der Waals surface area contributed by atoms with Crippen LogP contribution in [0.3, 0.4) is 0 Å². The number of hydrogen-bond acceptors (Lipinski definition) is 2. The molecular weight excluding hydrogens is 186 g/mol. The zero-order chi connectivity index (χ0) is 10.1. The first-order valence-electron chi connectivity index (χ1n) is 4.46. The normalized spacial score (nSPS) is 9.31. The van der Waals surface area contributed by atoms with Gasteiger partial charge in [0.05, 0.1) is 4.99 Å². The van der Waals surface area contributed by atoms with E-state index in [-0.39, 0.29) is 6.03 Å². The summed E-state index contributed by atoms with van der Waals surface area (Å²) in [5, 5.41) is 5.38. The molecule has 0 unspecified atom stereocenters. The molecule has 5 heteroatoms. The molecule has 0 aromatic rings. The molecule has 0 saturated carbocycles. The zero-order valence-electron chi connectivity index (χ0n) is 7.93. The second kappa shape index (κ2) is 7.79. The Morgan fingerprint density at radius 1 is 1.38 bits per heavy atom. The number of carbonyl (C=O) groups is 1. The van der Waals surface area contributed by atoms with Gasteiger partial charge in [-0.1, -0.05) is 25.6 Å². The number of thiocarbonyl (C=S) groups is 1. The minimum absolute atomic E-state index is 0.148. The van der Waals surface area contributed by atoms with E-state index in [4.69, 9.17) is 5.73 Å². The van der Waals surface area contributed by atoms with Crippen LogP contribution in [-0.2, 0) is 0 Å². The van der Waals surface area contributed by atoms with Crippen molar-refractivity contribution in [3.05, 3.63) is 0 Å². The standard InChI is InChI=1S/C8H17N3OS/c1-2-3-5-10-8(12)11-6-4-7(9)13/h2-6H2,1H3,(H2,9,13)(H2,10,11,12). The minimum Gasteiger partial charge on any atom is -0.393 e. The monoisotopic (exact) mass is 203 g/mol. The average Bonchev–Trinajstić information content (AvgIpc) is 2.04. The van der Waals surface area contributed by atoms with E-state index >= 15 is 0 Å². The third kappa shape index (κ3) is 9.07. The number of urea groups is 1. The first kappa shape index (κ1) is 12.2. The zero-order valence-corrected chi connectivity index (χ0v) is 8.75. The van der Waals surface area contributed by atoms with E-state index in [0.717, 1.165) is 19.4 Å². The Morgan fingerprint density at radius 2 is 2.00 bits per heavy atom. The molecule has 0 spiro atoms. The molecule has 0 saturated heterocycles. The van der Waals surface area contributed by atoms with Gasteiger partial charge in [0.15, 0.2) is 0 Å². The summed E-state index contributed by atoms with van der Waals surface area (Å²) in [4.78, 5) is 11.4. The second-order valence-corrected chi connectivity index (χ2v) is 3.28. The van der Waals surface area contributed by atoms with Crippen molar-refractivity contribution in [2.24, 2.45) is 5.73 Å². The number of hydrogen-bond donors (Lipinski definition) is 3. The Hall–Kier alpha value is -0.840. The third-order valence-electron chi connectivity index (χ3n) is 1.47. The van der Waals surface area contributed by atoms with Gasteiger partial charge < -0.3 is 16.4 Å². The van der Waals surface area contributed by atoms with Crippen molar-refractivity contribution in [3.8, 4) is 0 Å². The summed E-state index contributed by atoms with van der Waals surface area (Å²) in [5.41, 5.74) is 5.26. The molecule has 0 heterocycles. The maximum Gasteiger partial charge on any atom is 0.314 e. The summed E-state index contributed by atoms with van der Waals surface area (Å²) < 4.78 is 0. The topological polar surface area (TPSA) is 67.2 Å². The lowest BCUT2D eigenvalue weighted by Crippen LogP contribution is -2.37. The van der Waals surface area contributed by atoms with Crippen LogP contribution in [0.25, 0.3) is 0 Å². The largest absolute Gasteiger partial charge is 0.393 e. The fourth-order valence-electron chi connectivity index (χ4n) is 0.740. The van der Waals surface area contributed by atoms with Crippen molar-refractivity contribution in [2.75, 3.05) is 13.1 Å². The molecule has 4 N–H and O–H groups in total. The molecule has 0 fully saturated rings. The molecule has 13 heavy (non-hydrogen) atoms. The predicted octanol–water partition coefficient (Wildman–Crippen LogP) is 0.762. The van der Waals surface area contributed by atoms with Crippen LogP contribution in [0.2, 0.25) is 0 Å². The van der Waals surface area contributed by atoms with Gasteiger partial charge in [0, 0.05) is 19.5 Å². The average molecular weight is 203 g/mol. The Kier molecular flexibility index (Phi) is 7.29. The molecule has 76 valence electrons. The number of nitrogens with two attached hydrogens (primary N) is 1. The Bertz CT molecular complexity index is 173. The number of rotatable bonds is 6. The molecule has 0 aliphatic carbocycles. The quantitative estimate of drug-likeness (QED) is 0.441. The summed E-state index contributed by atoms with van der Waals surface area (Å²) in [6.07, 6.45) is 2.63. The first-order chi connectivity index (χ1) is 6.16. The van der Waals surface area contributed by atoms with Crippen molar-refractivity contribution in [1.29, 1.82) is 0 Å². The van der Waals surface area contributed by atoms with E-state index in [1.807, 2.05) is 0 Å². The highest BCUT2D eigenvalue weighted by Gasteiger charge is 1.97. The molecule has 0 bridgehead atoms. The lowest BCUT2D eigenvalue weighted by molar-refractivity contribution is 0.241. The van der Waals surface area contributed by atoms with E-state index in [1.165, 1.54) is 0 Å². The predicted molar refractivity (Wildman–Crippen MR) is 57.7 cm³/mol. The van der Waals surface area contributed by atoms with Crippen molar-refractivity contribution >= 4 is 23.2 Å². The molecule has 0 radical (unpaired) electrons. The van der Waals surface area contributed by atoms with Gasteiger partial charge in [-0.25, -0.2) is 4.79 Å². The van der Waals surface area contributed by atoms with Crippen LogP contribution in [0.5, 0.6) is 0 Å². The van der Waals surface area contributed by atoms with Gasteiger partial charge in [0.2, 0.25) is 0 Å². The van der Waals surface area contributed by atoms with Crippen molar-refractivity contribution in [2.45, 2.75) is 26.2 Å². The van der Waals surface area contributed by atoms with Crippen molar-refractivity contribution in [3.63, 3.8) is 0 Å². The SMILES string of the molecule is CCCCNC(=O)NCCC(N)=S. The highest BCUT2D eigenvalue weighted by molar-refractivity contribution is 7.80. The number of unbranched alkanes of at least 4 members (excludes halogenated alkanes) is 1. The van der Waals surface area contributed by atoms with E-state index in [2.05, 4.69) is 29.8 Å². The van der Waals surface area contributed by atoms with Gasteiger partial charge in [0.25, 0.3) is 0 Å². The van der Waals surface area contributed by atoms with E-state index in [0.29, 0.717) is 18.0 Å². The summed E-state index contributed by atoms with van der Waals surface area (Å²) in [7, 11) is 0. The van der Waals surface area contributed by atoms with Crippen LogP contribution in [0, 0.1) is 0 Å². The van der Waals surface area contributed by atoms with E-state index in [1.54, 1.807) is 0 Å². The second-order valence-electron chi connectivity index (χ2n) is 2.75. The molecular formula is C8H17N3OS. The van der Waals surface area contributed by atoms with Crippen molar-refractivity contribution < 1.29 is 4.79 Å². The molecule has 4 nitrogen and oxygen atoms in total. The molecule has 0 aromatic heterocycles. The summed E-state index contributed by atoms with van der Waals surface area (Å²) in [6.45, 7) is 3.30. The van der Waals surface area contributed by atoms with Gasteiger partial charge >= 0.3 is 6.03 Å². The van der Waals surface area contributed by atoms with Gasteiger partial charge in [-0.3, -0.25) is 0 Å². The van der Waals surface area contributed by atoms with Gasteiger partial charge in [-0.2, -0.15) is 0 Å². The van der Waals surface area contributed by atoms with Crippen LogP contribution < -0.4 is 16.4 Å². The Balaban J connectivity index is 3.25.